The van der Waals surface area contributed by atoms with Crippen LogP contribution in [0.15, 0.2) is 10.5 Å². The first-order chi connectivity index (χ1) is 6.70. The van der Waals surface area contributed by atoms with Crippen molar-refractivity contribution in [1.29, 1.82) is 0 Å². The number of pyridine rings is 1. The maximum Gasteiger partial charge on any atom is 0.259 e. The van der Waals surface area contributed by atoms with Gasteiger partial charge in [-0.2, -0.15) is 4.98 Å². The maximum absolute atomic E-state index is 5.75. The topological polar surface area (TPSA) is 57.4 Å². The van der Waals surface area contributed by atoms with Crippen molar-refractivity contribution >= 4 is 27.5 Å². The highest BCUT2D eigenvalue weighted by Gasteiger charge is 2.23. The molecule has 0 aromatic carbocycles. The molecule has 0 aliphatic carbocycles. The van der Waals surface area contributed by atoms with Gasteiger partial charge in [-0.25, -0.2) is 0 Å². The number of nitrogens with two attached hydrogens (primary N) is 1. The summed E-state index contributed by atoms with van der Waals surface area (Å²) in [4.78, 5) is 3.99. The Kier molecular flexibility index (Phi) is 2.80. The summed E-state index contributed by atoms with van der Waals surface area (Å²) in [6.07, 6.45) is -0.123. The Bertz CT molecular complexity index is 361. The quantitative estimate of drug-likeness (QED) is 0.793. The molecule has 0 saturated carbocycles. The zero-order valence-corrected chi connectivity index (χ0v) is 9.51. The van der Waals surface area contributed by atoms with E-state index in [4.69, 9.17) is 26.8 Å². The maximum atomic E-state index is 5.75. The zero-order chi connectivity index (χ0) is 10.1. The van der Waals surface area contributed by atoms with Crippen LogP contribution in [-0.2, 0) is 0 Å². The monoisotopic (exact) mass is 278 g/mol. The highest BCUT2D eigenvalue weighted by molar-refractivity contribution is 9.10. The van der Waals surface area contributed by atoms with Crippen LogP contribution < -0.4 is 15.2 Å². The van der Waals surface area contributed by atoms with Crippen molar-refractivity contribution in [3.63, 3.8) is 0 Å². The van der Waals surface area contributed by atoms with Crippen LogP contribution in [0.25, 0.3) is 0 Å². The van der Waals surface area contributed by atoms with E-state index in [1.807, 2.05) is 0 Å². The Balaban J connectivity index is 2.37. The van der Waals surface area contributed by atoms with Crippen molar-refractivity contribution in [2.24, 2.45) is 5.73 Å². The fourth-order valence-electron chi connectivity index (χ4n) is 1.15. The van der Waals surface area contributed by atoms with Gasteiger partial charge in [-0.1, -0.05) is 11.6 Å². The van der Waals surface area contributed by atoms with Gasteiger partial charge in [-0.05, 0) is 22.0 Å². The Morgan fingerprint density at radius 1 is 1.71 bits per heavy atom. The fraction of sp³-hybridized carbons (Fsp3) is 0.375. The average molecular weight is 280 g/mol. The van der Waals surface area contributed by atoms with E-state index in [2.05, 4.69) is 20.9 Å². The number of hydrogen-bond donors (Lipinski definition) is 1. The Hall–Kier alpha value is -0.520. The Labute approximate surface area is 94.5 Å². The second-order valence-corrected chi connectivity index (χ2v) is 4.09. The molecule has 0 radical (unpaired) electrons. The van der Waals surface area contributed by atoms with Crippen molar-refractivity contribution < 1.29 is 9.47 Å². The normalized spacial score (nSPS) is 19.5. The predicted octanol–water partition coefficient (Wildman–Crippen LogP) is 1.60. The lowest BCUT2D eigenvalue weighted by Crippen LogP contribution is -2.36. The summed E-state index contributed by atoms with van der Waals surface area (Å²) in [5, 5.41) is 0.366. The lowest BCUT2D eigenvalue weighted by atomic mass is 10.3. The van der Waals surface area contributed by atoms with Gasteiger partial charge in [-0.15, -0.1) is 0 Å². The molecule has 6 heteroatoms. The summed E-state index contributed by atoms with van der Waals surface area (Å²) in [6, 6.07) is 1.66. The third-order valence-corrected chi connectivity index (χ3v) is 2.60. The van der Waals surface area contributed by atoms with E-state index < -0.39 is 0 Å². The summed E-state index contributed by atoms with van der Waals surface area (Å²) >= 11 is 9.07. The summed E-state index contributed by atoms with van der Waals surface area (Å²) in [6.45, 7) is 0.817. The van der Waals surface area contributed by atoms with Gasteiger partial charge in [0.15, 0.2) is 5.75 Å². The molecule has 14 heavy (non-hydrogen) atoms. The largest absolute Gasteiger partial charge is 0.479 e. The molecule has 1 aliphatic heterocycles. The Morgan fingerprint density at radius 2 is 2.50 bits per heavy atom. The SMILES string of the molecule is NC[C@@H]1COc2nc(Cl)cc(Br)c2O1. The summed E-state index contributed by atoms with van der Waals surface area (Å²) < 4.78 is 11.6. The van der Waals surface area contributed by atoms with Crippen LogP contribution in [-0.4, -0.2) is 24.2 Å². The third kappa shape index (κ3) is 1.80. The van der Waals surface area contributed by atoms with Gasteiger partial charge in [0.25, 0.3) is 5.88 Å². The first-order valence-electron chi connectivity index (χ1n) is 4.06. The molecule has 0 unspecified atom stereocenters. The number of hydrogen-bond acceptors (Lipinski definition) is 4. The molecule has 1 aromatic rings. The van der Waals surface area contributed by atoms with Gasteiger partial charge in [0.2, 0.25) is 0 Å². The molecule has 0 saturated heterocycles. The van der Waals surface area contributed by atoms with Crippen molar-refractivity contribution in [3.8, 4) is 11.6 Å². The molecule has 4 nitrogen and oxygen atoms in total. The first-order valence-corrected chi connectivity index (χ1v) is 5.23. The van der Waals surface area contributed by atoms with Crippen molar-refractivity contribution in [2.75, 3.05) is 13.2 Å². The molecule has 0 fully saturated rings. The molecular weight excluding hydrogens is 271 g/mol. The molecule has 1 aromatic heterocycles. The molecule has 0 amide bonds. The molecule has 1 atom stereocenters. The summed E-state index contributed by atoms with van der Waals surface area (Å²) in [5.41, 5.74) is 5.47. The van der Waals surface area contributed by atoms with Crippen LogP contribution in [0, 0.1) is 0 Å². The fourth-order valence-corrected chi connectivity index (χ4v) is 1.94. The number of aromatic nitrogens is 1. The molecule has 0 spiro atoms. The van der Waals surface area contributed by atoms with E-state index in [9.17, 15) is 0 Å². The van der Waals surface area contributed by atoms with Crippen LogP contribution in [0.3, 0.4) is 0 Å². The van der Waals surface area contributed by atoms with E-state index in [0.29, 0.717) is 29.9 Å². The minimum atomic E-state index is -0.123. The Morgan fingerprint density at radius 3 is 3.21 bits per heavy atom. The molecule has 2 N–H and O–H groups in total. The van der Waals surface area contributed by atoms with E-state index in [-0.39, 0.29) is 6.10 Å². The lowest BCUT2D eigenvalue weighted by molar-refractivity contribution is 0.0909. The highest BCUT2D eigenvalue weighted by Crippen LogP contribution is 2.38. The number of fused-ring (bicyclic) bond motifs is 1. The van der Waals surface area contributed by atoms with Crippen molar-refractivity contribution in [2.45, 2.75) is 6.10 Å². The minimum Gasteiger partial charge on any atom is -0.479 e. The van der Waals surface area contributed by atoms with Crippen LogP contribution in [0.5, 0.6) is 11.6 Å². The van der Waals surface area contributed by atoms with Crippen molar-refractivity contribution in [3.05, 3.63) is 15.7 Å². The van der Waals surface area contributed by atoms with Gasteiger partial charge in [0.1, 0.15) is 17.9 Å². The minimum absolute atomic E-state index is 0.123. The number of ether oxygens (including phenoxy) is 2. The van der Waals surface area contributed by atoms with Crippen LogP contribution >= 0.6 is 27.5 Å². The zero-order valence-electron chi connectivity index (χ0n) is 7.17. The smallest absolute Gasteiger partial charge is 0.259 e. The first kappa shape index (κ1) is 10.0. The van der Waals surface area contributed by atoms with Crippen LogP contribution in [0.2, 0.25) is 5.15 Å². The van der Waals surface area contributed by atoms with E-state index in [1.54, 1.807) is 6.07 Å². The molecule has 2 rings (SSSR count). The number of nitrogens with zero attached hydrogens (tertiary/aromatic N) is 1. The van der Waals surface area contributed by atoms with Gasteiger partial charge in [-0.3, -0.25) is 0 Å². The van der Waals surface area contributed by atoms with Gasteiger partial charge in [0, 0.05) is 6.54 Å². The third-order valence-electron chi connectivity index (χ3n) is 1.82. The molecular formula is C8H8BrClN2O2. The standard InChI is InChI=1S/C8H8BrClN2O2/c9-5-1-6(10)12-8-7(5)14-4(2-11)3-13-8/h1,4H,2-3,11H2/t4-/m1/s1. The molecule has 0 bridgehead atoms. The second-order valence-electron chi connectivity index (χ2n) is 2.85. The summed E-state index contributed by atoms with van der Waals surface area (Å²) in [5.74, 6) is 0.977. The van der Waals surface area contributed by atoms with Crippen LogP contribution in [0.1, 0.15) is 0 Å². The van der Waals surface area contributed by atoms with E-state index in [1.165, 1.54) is 0 Å². The lowest BCUT2D eigenvalue weighted by Gasteiger charge is -2.25. The number of halogens is 2. The van der Waals surface area contributed by atoms with Gasteiger partial charge < -0.3 is 15.2 Å². The average Bonchev–Trinajstić information content (AvgIpc) is 2.17. The van der Waals surface area contributed by atoms with Gasteiger partial charge >= 0.3 is 0 Å². The predicted molar refractivity (Wildman–Crippen MR) is 55.9 cm³/mol. The van der Waals surface area contributed by atoms with E-state index in [0.717, 1.165) is 4.47 Å². The van der Waals surface area contributed by atoms with E-state index >= 15 is 0 Å². The molecule has 76 valence electrons. The van der Waals surface area contributed by atoms with Crippen molar-refractivity contribution in [1.82, 2.24) is 4.98 Å². The molecule has 2 heterocycles. The summed E-state index contributed by atoms with van der Waals surface area (Å²) in [7, 11) is 0. The highest BCUT2D eigenvalue weighted by atomic mass is 79.9. The van der Waals surface area contributed by atoms with Gasteiger partial charge in [0.05, 0.1) is 4.47 Å². The van der Waals surface area contributed by atoms with Crippen LogP contribution in [0.4, 0.5) is 0 Å². The molecule has 1 aliphatic rings. The second kappa shape index (κ2) is 3.92. The number of rotatable bonds is 1.